The van der Waals surface area contributed by atoms with Crippen molar-refractivity contribution in [2.75, 3.05) is 6.54 Å². The largest absolute Gasteiger partial charge is 0.336 e. The molecule has 0 aliphatic carbocycles. The van der Waals surface area contributed by atoms with E-state index in [2.05, 4.69) is 0 Å². The number of amides is 1. The van der Waals surface area contributed by atoms with Crippen molar-refractivity contribution in [2.24, 2.45) is 5.73 Å². The van der Waals surface area contributed by atoms with Crippen molar-refractivity contribution in [1.29, 1.82) is 0 Å². The van der Waals surface area contributed by atoms with Gasteiger partial charge in [0.15, 0.2) is 0 Å². The smallest absolute Gasteiger partial charge is 0.240 e. The molecule has 0 radical (unpaired) electrons. The third-order valence-corrected chi connectivity index (χ3v) is 4.50. The van der Waals surface area contributed by atoms with Gasteiger partial charge in [0.2, 0.25) is 5.91 Å². The van der Waals surface area contributed by atoms with Crippen LogP contribution >= 0.6 is 35.3 Å². The normalized spacial score (nSPS) is 11.6. The van der Waals surface area contributed by atoms with E-state index in [1.165, 1.54) is 11.3 Å². The number of halogens is 2. The lowest BCUT2D eigenvalue weighted by molar-refractivity contribution is -0.132. The first-order valence-corrected chi connectivity index (χ1v) is 8.12. The van der Waals surface area contributed by atoms with E-state index in [4.69, 9.17) is 17.3 Å². The fraction of sp³-hybridized carbons (Fsp3) is 0.312. The van der Waals surface area contributed by atoms with Crippen molar-refractivity contribution in [3.05, 3.63) is 57.2 Å². The molecule has 0 fully saturated rings. The number of nitrogens with zero attached hydrogens (tertiary/aromatic N) is 1. The molecule has 0 bridgehead atoms. The van der Waals surface area contributed by atoms with Crippen LogP contribution in [0.4, 0.5) is 0 Å². The summed E-state index contributed by atoms with van der Waals surface area (Å²) in [5.74, 6) is -0.0223. The number of carbonyl (C=O) groups excluding carboxylic acids is 1. The highest BCUT2D eigenvalue weighted by atomic mass is 35.5. The summed E-state index contributed by atoms with van der Waals surface area (Å²) in [6, 6.07) is 13.1. The van der Waals surface area contributed by atoms with Crippen LogP contribution in [0, 0.1) is 0 Å². The second kappa shape index (κ2) is 9.16. The summed E-state index contributed by atoms with van der Waals surface area (Å²) in [6.45, 7) is 3.16. The van der Waals surface area contributed by atoms with Gasteiger partial charge in [-0.05, 0) is 31.0 Å². The number of thiophene rings is 1. The van der Waals surface area contributed by atoms with Crippen LogP contribution in [0.25, 0.3) is 0 Å². The average molecular weight is 359 g/mol. The van der Waals surface area contributed by atoms with Crippen LogP contribution in [0.2, 0.25) is 4.34 Å². The van der Waals surface area contributed by atoms with Crippen LogP contribution in [0.15, 0.2) is 42.5 Å². The van der Waals surface area contributed by atoms with Gasteiger partial charge in [-0.3, -0.25) is 4.79 Å². The van der Waals surface area contributed by atoms with Gasteiger partial charge in [0.05, 0.1) is 16.9 Å². The summed E-state index contributed by atoms with van der Waals surface area (Å²) in [4.78, 5) is 15.3. The Morgan fingerprint density at radius 1 is 1.27 bits per heavy atom. The highest BCUT2D eigenvalue weighted by Crippen LogP contribution is 2.23. The minimum absolute atomic E-state index is 0. The Morgan fingerprint density at radius 3 is 2.50 bits per heavy atom. The number of likely N-dealkylation sites (N-methyl/N-ethyl adjacent to an activating group) is 1. The third-order valence-electron chi connectivity index (χ3n) is 3.28. The van der Waals surface area contributed by atoms with Crippen molar-refractivity contribution >= 4 is 41.3 Å². The molecule has 1 unspecified atom stereocenters. The number of hydrogen-bond donors (Lipinski definition) is 1. The summed E-state index contributed by atoms with van der Waals surface area (Å²) >= 11 is 7.42. The molecule has 0 aliphatic rings. The molecule has 22 heavy (non-hydrogen) atoms. The van der Waals surface area contributed by atoms with Crippen molar-refractivity contribution in [3.8, 4) is 0 Å². The maximum Gasteiger partial charge on any atom is 0.240 e. The summed E-state index contributed by atoms with van der Waals surface area (Å²) in [7, 11) is 0. The maximum absolute atomic E-state index is 12.5. The number of carbonyl (C=O) groups is 1. The van der Waals surface area contributed by atoms with Gasteiger partial charge in [0.1, 0.15) is 0 Å². The Labute approximate surface area is 146 Å². The van der Waals surface area contributed by atoms with E-state index in [0.717, 1.165) is 14.8 Å². The predicted molar refractivity (Wildman–Crippen MR) is 95.8 cm³/mol. The summed E-state index contributed by atoms with van der Waals surface area (Å²) in [5, 5.41) is 0. The minimum Gasteiger partial charge on any atom is -0.336 e. The van der Waals surface area contributed by atoms with Crippen LogP contribution in [0.3, 0.4) is 0 Å². The van der Waals surface area contributed by atoms with E-state index in [1.54, 1.807) is 4.90 Å². The number of nitrogens with two attached hydrogens (primary N) is 1. The van der Waals surface area contributed by atoms with Crippen molar-refractivity contribution < 1.29 is 4.79 Å². The first-order chi connectivity index (χ1) is 10.1. The fourth-order valence-electron chi connectivity index (χ4n) is 2.16. The number of benzene rings is 1. The van der Waals surface area contributed by atoms with Crippen LogP contribution in [0.1, 0.15) is 17.4 Å². The number of hydrogen-bond acceptors (Lipinski definition) is 3. The van der Waals surface area contributed by atoms with Gasteiger partial charge in [-0.1, -0.05) is 41.9 Å². The molecule has 0 saturated carbocycles. The molecule has 1 atom stereocenters. The van der Waals surface area contributed by atoms with Crippen molar-refractivity contribution in [1.82, 2.24) is 4.90 Å². The molecule has 1 amide bonds. The third kappa shape index (κ3) is 5.29. The molecule has 6 heteroatoms. The van der Waals surface area contributed by atoms with E-state index < -0.39 is 6.04 Å². The maximum atomic E-state index is 12.5. The SMILES string of the molecule is CCN(Cc1ccc(Cl)s1)C(=O)C(N)Cc1ccccc1.Cl. The van der Waals surface area contributed by atoms with Gasteiger partial charge >= 0.3 is 0 Å². The molecule has 2 rings (SSSR count). The molecule has 0 saturated heterocycles. The Hall–Kier alpha value is -1.07. The van der Waals surface area contributed by atoms with Gasteiger partial charge in [-0.25, -0.2) is 0 Å². The second-order valence-electron chi connectivity index (χ2n) is 4.85. The molecule has 1 aromatic heterocycles. The van der Waals surface area contributed by atoms with Crippen molar-refractivity contribution in [3.63, 3.8) is 0 Å². The average Bonchev–Trinajstić information content (AvgIpc) is 2.90. The van der Waals surface area contributed by atoms with Crippen LogP contribution in [-0.2, 0) is 17.8 Å². The zero-order valence-electron chi connectivity index (χ0n) is 12.4. The quantitative estimate of drug-likeness (QED) is 0.854. The Kier molecular flexibility index (Phi) is 7.90. The number of rotatable bonds is 6. The van der Waals surface area contributed by atoms with Gasteiger partial charge in [0, 0.05) is 11.4 Å². The van der Waals surface area contributed by atoms with Gasteiger partial charge in [0.25, 0.3) is 0 Å². The molecular formula is C16H20Cl2N2OS. The van der Waals surface area contributed by atoms with E-state index >= 15 is 0 Å². The lowest BCUT2D eigenvalue weighted by Crippen LogP contribution is -2.44. The molecule has 120 valence electrons. The molecule has 1 aromatic carbocycles. The Morgan fingerprint density at radius 2 is 1.95 bits per heavy atom. The summed E-state index contributed by atoms with van der Waals surface area (Å²) in [5.41, 5.74) is 7.15. The molecule has 2 N–H and O–H groups in total. The van der Waals surface area contributed by atoms with E-state index in [1.807, 2.05) is 49.4 Å². The highest BCUT2D eigenvalue weighted by Gasteiger charge is 2.20. The molecule has 3 nitrogen and oxygen atoms in total. The minimum atomic E-state index is -0.511. The molecule has 1 heterocycles. The van der Waals surface area contributed by atoms with Gasteiger partial charge < -0.3 is 10.6 Å². The van der Waals surface area contributed by atoms with Crippen LogP contribution in [-0.4, -0.2) is 23.4 Å². The lowest BCUT2D eigenvalue weighted by atomic mass is 10.1. The predicted octanol–water partition coefficient (Wildman–Crippen LogP) is 3.74. The molecular weight excluding hydrogens is 339 g/mol. The van der Waals surface area contributed by atoms with Gasteiger partial charge in [-0.15, -0.1) is 23.7 Å². The first-order valence-electron chi connectivity index (χ1n) is 6.92. The lowest BCUT2D eigenvalue weighted by Gasteiger charge is -2.24. The monoisotopic (exact) mass is 358 g/mol. The first kappa shape index (κ1) is 19.0. The highest BCUT2D eigenvalue weighted by molar-refractivity contribution is 7.16. The summed E-state index contributed by atoms with van der Waals surface area (Å²) < 4.78 is 0.738. The zero-order valence-corrected chi connectivity index (χ0v) is 14.8. The van der Waals surface area contributed by atoms with Crippen molar-refractivity contribution in [2.45, 2.75) is 25.9 Å². The molecule has 0 spiro atoms. The molecule has 0 aliphatic heterocycles. The van der Waals surface area contributed by atoms with Crippen LogP contribution < -0.4 is 5.73 Å². The van der Waals surface area contributed by atoms with E-state index in [-0.39, 0.29) is 18.3 Å². The Bertz CT molecular complexity index is 589. The topological polar surface area (TPSA) is 46.3 Å². The standard InChI is InChI=1S/C16H19ClN2OS.ClH/c1-2-19(11-13-8-9-15(17)21-13)16(20)14(18)10-12-6-4-3-5-7-12;/h3-9,14H,2,10-11,18H2,1H3;1H. The van der Waals surface area contributed by atoms with E-state index in [0.29, 0.717) is 19.5 Å². The molecule has 2 aromatic rings. The zero-order chi connectivity index (χ0) is 15.2. The van der Waals surface area contributed by atoms with E-state index in [9.17, 15) is 4.79 Å². The fourth-order valence-corrected chi connectivity index (χ4v) is 3.26. The van der Waals surface area contributed by atoms with Crippen LogP contribution in [0.5, 0.6) is 0 Å². The van der Waals surface area contributed by atoms with Gasteiger partial charge in [-0.2, -0.15) is 0 Å². The summed E-state index contributed by atoms with van der Waals surface area (Å²) in [6.07, 6.45) is 0.557. The Balaban J connectivity index is 0.00000242. The second-order valence-corrected chi connectivity index (χ2v) is 6.65.